The van der Waals surface area contributed by atoms with Gasteiger partial charge in [-0.15, -0.1) is 0 Å². The van der Waals surface area contributed by atoms with Gasteiger partial charge in [-0.25, -0.2) is 0 Å². The highest BCUT2D eigenvalue weighted by Gasteiger charge is 2.53. The molecule has 2 aromatic rings. The SMILES string of the molecule is COC(=O)C1(C(=O)OC)CC(=O)c2c(cc(C)c3ccccc23)C1. The fraction of sp³-hybridized carbons (Fsp3) is 0.316. The summed E-state index contributed by atoms with van der Waals surface area (Å²) < 4.78 is 9.61. The lowest BCUT2D eigenvalue weighted by molar-refractivity contribution is -0.169. The molecule has 1 aliphatic rings. The molecule has 5 heteroatoms. The third-order valence-corrected chi connectivity index (χ3v) is 4.72. The van der Waals surface area contributed by atoms with Crippen LogP contribution in [0.1, 0.15) is 27.9 Å². The molecule has 0 saturated heterocycles. The minimum atomic E-state index is -1.61. The van der Waals surface area contributed by atoms with Crippen LogP contribution in [-0.4, -0.2) is 31.9 Å². The zero-order valence-electron chi connectivity index (χ0n) is 13.8. The van der Waals surface area contributed by atoms with E-state index >= 15 is 0 Å². The average Bonchev–Trinajstić information content (AvgIpc) is 2.59. The van der Waals surface area contributed by atoms with Crippen molar-refractivity contribution in [3.05, 3.63) is 47.0 Å². The van der Waals surface area contributed by atoms with Crippen LogP contribution >= 0.6 is 0 Å². The fourth-order valence-electron chi connectivity index (χ4n) is 3.61. The van der Waals surface area contributed by atoms with E-state index in [0.29, 0.717) is 11.1 Å². The normalized spacial score (nSPS) is 15.7. The summed E-state index contributed by atoms with van der Waals surface area (Å²) in [6, 6.07) is 9.51. The number of esters is 2. The van der Waals surface area contributed by atoms with E-state index in [-0.39, 0.29) is 18.6 Å². The van der Waals surface area contributed by atoms with Crippen LogP contribution in [0.3, 0.4) is 0 Å². The van der Waals surface area contributed by atoms with Crippen LogP contribution in [0.2, 0.25) is 0 Å². The van der Waals surface area contributed by atoms with Gasteiger partial charge in [-0.3, -0.25) is 14.4 Å². The van der Waals surface area contributed by atoms with E-state index < -0.39 is 17.4 Å². The minimum absolute atomic E-state index is 0.0963. The number of aryl methyl sites for hydroxylation is 1. The summed E-state index contributed by atoms with van der Waals surface area (Å²) in [6.07, 6.45) is -0.147. The van der Waals surface area contributed by atoms with Gasteiger partial charge in [-0.2, -0.15) is 0 Å². The first-order valence-electron chi connectivity index (χ1n) is 7.66. The van der Waals surface area contributed by atoms with E-state index in [1.54, 1.807) is 0 Å². The van der Waals surface area contributed by atoms with Crippen LogP contribution in [0.15, 0.2) is 30.3 Å². The maximum Gasteiger partial charge on any atom is 0.324 e. The van der Waals surface area contributed by atoms with Crippen molar-refractivity contribution >= 4 is 28.5 Å². The van der Waals surface area contributed by atoms with Gasteiger partial charge in [0.25, 0.3) is 0 Å². The average molecular weight is 326 g/mol. The minimum Gasteiger partial charge on any atom is -0.468 e. The zero-order valence-corrected chi connectivity index (χ0v) is 13.8. The van der Waals surface area contributed by atoms with Crippen molar-refractivity contribution in [2.75, 3.05) is 14.2 Å². The highest BCUT2D eigenvalue weighted by Crippen LogP contribution is 2.41. The number of benzene rings is 2. The molecular weight excluding hydrogens is 308 g/mol. The number of carbonyl (C=O) groups excluding carboxylic acids is 3. The summed E-state index contributed by atoms with van der Waals surface area (Å²) in [5, 5.41) is 1.84. The van der Waals surface area contributed by atoms with Gasteiger partial charge in [0.2, 0.25) is 0 Å². The van der Waals surface area contributed by atoms with Crippen LogP contribution < -0.4 is 0 Å². The smallest absolute Gasteiger partial charge is 0.324 e. The Morgan fingerprint density at radius 2 is 1.58 bits per heavy atom. The molecule has 3 rings (SSSR count). The van der Waals surface area contributed by atoms with Gasteiger partial charge >= 0.3 is 11.9 Å². The Bertz CT molecular complexity index is 849. The molecule has 2 aromatic carbocycles. The standard InChI is InChI=1S/C19H18O5/c1-11-8-12-9-19(17(21)23-2,18(22)24-3)10-15(20)16(12)14-7-5-4-6-13(11)14/h4-8H,9-10H2,1-3H3. The highest BCUT2D eigenvalue weighted by molar-refractivity contribution is 6.16. The number of fused-ring (bicyclic) bond motifs is 3. The summed E-state index contributed by atoms with van der Waals surface area (Å²) in [4.78, 5) is 37.5. The fourth-order valence-corrected chi connectivity index (χ4v) is 3.61. The molecule has 0 unspecified atom stereocenters. The third kappa shape index (κ3) is 2.19. The van der Waals surface area contributed by atoms with Gasteiger partial charge in [0, 0.05) is 18.4 Å². The van der Waals surface area contributed by atoms with Crippen LogP contribution in [0.5, 0.6) is 0 Å². The van der Waals surface area contributed by atoms with Gasteiger partial charge in [0.1, 0.15) is 0 Å². The molecule has 0 atom stereocenters. The third-order valence-electron chi connectivity index (χ3n) is 4.72. The molecule has 0 fully saturated rings. The molecule has 0 N–H and O–H groups in total. The van der Waals surface area contributed by atoms with Crippen molar-refractivity contribution in [1.82, 2.24) is 0 Å². The van der Waals surface area contributed by atoms with Crippen LogP contribution in [0.25, 0.3) is 10.8 Å². The van der Waals surface area contributed by atoms with Crippen molar-refractivity contribution in [1.29, 1.82) is 0 Å². The molecule has 24 heavy (non-hydrogen) atoms. The van der Waals surface area contributed by atoms with Crippen molar-refractivity contribution < 1.29 is 23.9 Å². The lowest BCUT2D eigenvalue weighted by Gasteiger charge is -2.33. The summed E-state index contributed by atoms with van der Waals surface area (Å²) >= 11 is 0. The number of Topliss-reactive ketones (excluding diaryl/α,β-unsaturated/α-hetero) is 1. The first-order chi connectivity index (χ1) is 11.4. The number of ether oxygens (including phenoxy) is 2. The van der Waals surface area contributed by atoms with Crippen molar-refractivity contribution in [3.63, 3.8) is 0 Å². The molecule has 0 aliphatic heterocycles. The number of hydrogen-bond donors (Lipinski definition) is 0. The van der Waals surface area contributed by atoms with Gasteiger partial charge in [-0.05, 0) is 28.8 Å². The summed E-state index contributed by atoms with van der Waals surface area (Å²) in [7, 11) is 2.41. The van der Waals surface area contributed by atoms with Gasteiger partial charge in [-0.1, -0.05) is 30.3 Å². The Labute approximate surface area is 139 Å². The van der Waals surface area contributed by atoms with Crippen molar-refractivity contribution in [2.45, 2.75) is 19.8 Å². The number of methoxy groups -OCH3 is 2. The van der Waals surface area contributed by atoms with E-state index in [1.165, 1.54) is 14.2 Å². The quantitative estimate of drug-likeness (QED) is 0.627. The first-order valence-corrected chi connectivity index (χ1v) is 7.66. The Kier molecular flexibility index (Phi) is 3.87. The largest absolute Gasteiger partial charge is 0.468 e. The maximum absolute atomic E-state index is 12.9. The second kappa shape index (κ2) is 5.74. The van der Waals surface area contributed by atoms with E-state index in [4.69, 9.17) is 9.47 Å². The van der Waals surface area contributed by atoms with E-state index in [2.05, 4.69) is 0 Å². The first kappa shape index (κ1) is 16.2. The Hall–Kier alpha value is -2.69. The monoisotopic (exact) mass is 326 g/mol. The van der Waals surface area contributed by atoms with Gasteiger partial charge < -0.3 is 9.47 Å². The Morgan fingerprint density at radius 1 is 1.00 bits per heavy atom. The molecule has 0 spiro atoms. The van der Waals surface area contributed by atoms with Crippen molar-refractivity contribution in [3.8, 4) is 0 Å². The Morgan fingerprint density at radius 3 is 2.17 bits per heavy atom. The van der Waals surface area contributed by atoms with Crippen LogP contribution in [0.4, 0.5) is 0 Å². The molecule has 124 valence electrons. The molecule has 1 aliphatic carbocycles. The summed E-state index contributed by atoms with van der Waals surface area (Å²) in [6.45, 7) is 1.94. The molecule has 0 aromatic heterocycles. The maximum atomic E-state index is 12.9. The lowest BCUT2D eigenvalue weighted by Crippen LogP contribution is -2.47. The predicted molar refractivity (Wildman–Crippen MR) is 87.8 cm³/mol. The van der Waals surface area contributed by atoms with Gasteiger partial charge in [0.15, 0.2) is 11.2 Å². The molecule has 0 heterocycles. The number of rotatable bonds is 2. The molecule has 5 nitrogen and oxygen atoms in total. The molecule has 0 amide bonds. The second-order valence-electron chi connectivity index (χ2n) is 6.12. The highest BCUT2D eigenvalue weighted by atomic mass is 16.5. The second-order valence-corrected chi connectivity index (χ2v) is 6.12. The van der Waals surface area contributed by atoms with Crippen LogP contribution in [-0.2, 0) is 25.5 Å². The number of carbonyl (C=O) groups is 3. The summed E-state index contributed by atoms with van der Waals surface area (Å²) in [5.74, 6) is -1.72. The molecule has 0 radical (unpaired) electrons. The topological polar surface area (TPSA) is 69.7 Å². The molecule has 0 saturated carbocycles. The van der Waals surface area contributed by atoms with Crippen LogP contribution in [0, 0.1) is 12.3 Å². The van der Waals surface area contributed by atoms with E-state index in [9.17, 15) is 14.4 Å². The zero-order chi connectivity index (χ0) is 17.5. The lowest BCUT2D eigenvalue weighted by atomic mass is 9.69. The van der Waals surface area contributed by atoms with Gasteiger partial charge in [0.05, 0.1) is 14.2 Å². The summed E-state index contributed by atoms with van der Waals surface area (Å²) in [5.41, 5.74) is 0.642. The molecular formula is C19H18O5. The predicted octanol–water partition coefficient (Wildman–Crippen LogP) is 2.61. The Balaban J connectivity index is 2.25. The number of ketones is 1. The van der Waals surface area contributed by atoms with Crippen molar-refractivity contribution in [2.24, 2.45) is 5.41 Å². The van der Waals surface area contributed by atoms with E-state index in [0.717, 1.165) is 16.3 Å². The molecule has 0 bridgehead atoms. The van der Waals surface area contributed by atoms with E-state index in [1.807, 2.05) is 37.3 Å². The number of hydrogen-bond acceptors (Lipinski definition) is 5.